The number of ether oxygens (including phenoxy) is 1. The highest BCUT2D eigenvalue weighted by molar-refractivity contribution is 7.80. The number of carbonyl (C=O) groups excluding carboxylic acids is 2. The van der Waals surface area contributed by atoms with Crippen LogP contribution in [0.5, 0.6) is 5.75 Å². The van der Waals surface area contributed by atoms with Crippen LogP contribution in [0.15, 0.2) is 54.6 Å². The normalized spacial score (nSPS) is 10.7. The summed E-state index contributed by atoms with van der Waals surface area (Å²) < 4.78 is 5.81. The van der Waals surface area contributed by atoms with Crippen molar-refractivity contribution in [2.24, 2.45) is 11.7 Å². The summed E-state index contributed by atoms with van der Waals surface area (Å²) >= 11 is 6.78. The molecule has 178 valence electrons. The molecule has 0 saturated heterocycles. The van der Waals surface area contributed by atoms with E-state index < -0.39 is 11.8 Å². The Balaban J connectivity index is 1.73. The van der Waals surface area contributed by atoms with E-state index in [0.717, 1.165) is 22.4 Å². The van der Waals surface area contributed by atoms with Crippen LogP contribution in [-0.4, -0.2) is 23.5 Å². The lowest BCUT2D eigenvalue weighted by Gasteiger charge is -2.13. The Labute approximate surface area is 209 Å². The van der Waals surface area contributed by atoms with Crippen LogP contribution in [-0.2, 0) is 6.42 Å². The molecule has 0 bridgehead atoms. The van der Waals surface area contributed by atoms with Crippen LogP contribution in [0, 0.1) is 12.8 Å². The number of thiocarbonyl (C=S) groups is 1. The molecule has 2 amide bonds. The van der Waals surface area contributed by atoms with Crippen LogP contribution in [0.4, 0.5) is 5.00 Å². The maximum atomic E-state index is 12.9. The maximum absolute atomic E-state index is 12.9. The summed E-state index contributed by atoms with van der Waals surface area (Å²) in [7, 11) is 0. The summed E-state index contributed by atoms with van der Waals surface area (Å²) in [6.45, 7) is 6.62. The SMILES string of the molecule is Cc1c(Cc2ccccc2)sc(NC(=S)NC(=O)c2ccccc2OCCC(C)C)c1C(N)=O. The fourth-order valence-corrected chi connectivity index (χ4v) is 4.89. The van der Waals surface area contributed by atoms with E-state index in [1.54, 1.807) is 18.2 Å². The lowest BCUT2D eigenvalue weighted by atomic mass is 10.1. The molecule has 0 aliphatic rings. The zero-order valence-corrected chi connectivity index (χ0v) is 21.1. The molecule has 0 spiro atoms. The quantitative estimate of drug-likeness (QED) is 0.350. The van der Waals surface area contributed by atoms with Gasteiger partial charge in [-0.3, -0.25) is 14.9 Å². The molecule has 1 aromatic heterocycles. The Kier molecular flexibility index (Phi) is 8.79. The van der Waals surface area contributed by atoms with Crippen molar-refractivity contribution in [2.45, 2.75) is 33.6 Å². The van der Waals surface area contributed by atoms with Crippen LogP contribution in [0.25, 0.3) is 0 Å². The highest BCUT2D eigenvalue weighted by Crippen LogP contribution is 2.34. The first-order valence-electron chi connectivity index (χ1n) is 11.1. The van der Waals surface area contributed by atoms with Crippen molar-refractivity contribution < 1.29 is 14.3 Å². The molecule has 0 radical (unpaired) electrons. The molecular formula is C26H29N3O3S2. The van der Waals surface area contributed by atoms with Crippen LogP contribution >= 0.6 is 23.6 Å². The van der Waals surface area contributed by atoms with E-state index in [0.29, 0.717) is 40.8 Å². The lowest BCUT2D eigenvalue weighted by Crippen LogP contribution is -2.34. The van der Waals surface area contributed by atoms with E-state index in [4.69, 9.17) is 22.7 Å². The zero-order chi connectivity index (χ0) is 24.7. The number of carbonyl (C=O) groups is 2. The number of nitrogens with one attached hydrogen (secondary N) is 2. The van der Waals surface area contributed by atoms with E-state index in [1.165, 1.54) is 11.3 Å². The standard InChI is InChI=1S/C26H29N3O3S2/c1-16(2)13-14-32-20-12-8-7-11-19(20)24(31)28-26(33)29-25-22(23(27)30)17(3)21(34-25)15-18-9-5-4-6-10-18/h4-12,16H,13-15H2,1-3H3,(H2,27,30)(H2,28,29,31,33). The minimum atomic E-state index is -0.548. The number of nitrogens with two attached hydrogens (primary N) is 1. The van der Waals surface area contributed by atoms with E-state index in [1.807, 2.05) is 43.3 Å². The molecule has 3 aromatic rings. The number of hydrogen-bond acceptors (Lipinski definition) is 5. The van der Waals surface area contributed by atoms with Gasteiger partial charge in [-0.25, -0.2) is 0 Å². The number of rotatable bonds is 9. The summed E-state index contributed by atoms with van der Waals surface area (Å²) in [5.74, 6) is 0.0567. The van der Waals surface area contributed by atoms with Crippen molar-refractivity contribution in [1.29, 1.82) is 0 Å². The molecule has 2 aromatic carbocycles. The van der Waals surface area contributed by atoms with Gasteiger partial charge in [0.1, 0.15) is 10.8 Å². The predicted octanol–water partition coefficient (Wildman–Crippen LogP) is 5.30. The fourth-order valence-electron chi connectivity index (χ4n) is 3.38. The monoisotopic (exact) mass is 495 g/mol. The Morgan fingerprint density at radius 3 is 2.44 bits per heavy atom. The number of anilines is 1. The van der Waals surface area contributed by atoms with Gasteiger partial charge in [-0.05, 0) is 54.7 Å². The molecule has 0 unspecified atom stereocenters. The lowest BCUT2D eigenvalue weighted by molar-refractivity contribution is 0.0971. The van der Waals surface area contributed by atoms with Gasteiger partial charge in [0.15, 0.2) is 5.11 Å². The van der Waals surface area contributed by atoms with Crippen LogP contribution in [0.1, 0.15) is 57.0 Å². The Morgan fingerprint density at radius 1 is 1.09 bits per heavy atom. The minimum absolute atomic E-state index is 0.0806. The van der Waals surface area contributed by atoms with Crippen molar-refractivity contribution in [2.75, 3.05) is 11.9 Å². The predicted molar refractivity (Wildman–Crippen MR) is 142 cm³/mol. The Bertz CT molecular complexity index is 1170. The first-order valence-corrected chi connectivity index (χ1v) is 12.3. The van der Waals surface area contributed by atoms with Gasteiger partial charge in [-0.1, -0.05) is 56.3 Å². The van der Waals surface area contributed by atoms with E-state index in [-0.39, 0.29) is 5.11 Å². The van der Waals surface area contributed by atoms with Crippen molar-refractivity contribution in [3.05, 3.63) is 81.7 Å². The van der Waals surface area contributed by atoms with Crippen LogP contribution in [0.2, 0.25) is 0 Å². The van der Waals surface area contributed by atoms with Gasteiger partial charge in [0, 0.05) is 11.3 Å². The summed E-state index contributed by atoms with van der Waals surface area (Å²) in [6, 6.07) is 17.0. The van der Waals surface area contributed by atoms with Crippen molar-refractivity contribution >= 4 is 45.5 Å². The second kappa shape index (κ2) is 11.8. The van der Waals surface area contributed by atoms with Crippen LogP contribution in [0.3, 0.4) is 0 Å². The number of thiophene rings is 1. The molecule has 8 heteroatoms. The van der Waals surface area contributed by atoms with Gasteiger partial charge in [-0.15, -0.1) is 11.3 Å². The number of amides is 2. The molecule has 0 saturated carbocycles. The molecule has 4 N–H and O–H groups in total. The van der Waals surface area contributed by atoms with E-state index in [9.17, 15) is 9.59 Å². The average Bonchev–Trinajstić information content (AvgIpc) is 3.08. The first kappa shape index (κ1) is 25.4. The van der Waals surface area contributed by atoms with Gasteiger partial charge >= 0.3 is 0 Å². The number of benzene rings is 2. The van der Waals surface area contributed by atoms with Crippen molar-refractivity contribution in [3.63, 3.8) is 0 Å². The zero-order valence-electron chi connectivity index (χ0n) is 19.5. The molecule has 34 heavy (non-hydrogen) atoms. The number of hydrogen-bond donors (Lipinski definition) is 3. The van der Waals surface area contributed by atoms with E-state index in [2.05, 4.69) is 24.5 Å². The average molecular weight is 496 g/mol. The summed E-state index contributed by atoms with van der Waals surface area (Å²) in [6.07, 6.45) is 1.55. The Hall–Kier alpha value is -3.23. The molecule has 0 fully saturated rings. The molecule has 1 heterocycles. The van der Waals surface area contributed by atoms with Crippen molar-refractivity contribution in [1.82, 2.24) is 5.32 Å². The maximum Gasteiger partial charge on any atom is 0.261 e. The topological polar surface area (TPSA) is 93.4 Å². The molecular weight excluding hydrogens is 466 g/mol. The molecule has 0 atom stereocenters. The Morgan fingerprint density at radius 2 is 1.76 bits per heavy atom. The second-order valence-corrected chi connectivity index (χ2v) is 9.83. The van der Waals surface area contributed by atoms with Gasteiger partial charge in [0.25, 0.3) is 11.8 Å². The van der Waals surface area contributed by atoms with Crippen LogP contribution < -0.4 is 21.1 Å². The number of para-hydroxylation sites is 1. The van der Waals surface area contributed by atoms with Gasteiger partial charge < -0.3 is 15.8 Å². The third kappa shape index (κ3) is 6.65. The fraction of sp³-hybridized carbons (Fsp3) is 0.269. The number of primary amides is 1. The summed E-state index contributed by atoms with van der Waals surface area (Å²) in [4.78, 5) is 26.1. The van der Waals surface area contributed by atoms with E-state index >= 15 is 0 Å². The van der Waals surface area contributed by atoms with Gasteiger partial charge in [-0.2, -0.15) is 0 Å². The molecule has 3 rings (SSSR count). The third-order valence-electron chi connectivity index (χ3n) is 5.24. The third-order valence-corrected chi connectivity index (χ3v) is 6.65. The first-order chi connectivity index (χ1) is 16.3. The summed E-state index contributed by atoms with van der Waals surface area (Å²) in [5, 5.41) is 6.28. The molecule has 6 nitrogen and oxygen atoms in total. The molecule has 0 aliphatic carbocycles. The molecule has 0 aliphatic heterocycles. The van der Waals surface area contributed by atoms with Gasteiger partial charge in [0.2, 0.25) is 0 Å². The largest absolute Gasteiger partial charge is 0.493 e. The second-order valence-electron chi connectivity index (χ2n) is 8.32. The van der Waals surface area contributed by atoms with Crippen molar-refractivity contribution in [3.8, 4) is 5.75 Å². The highest BCUT2D eigenvalue weighted by atomic mass is 32.1. The summed E-state index contributed by atoms with van der Waals surface area (Å²) in [5.41, 5.74) is 8.36. The van der Waals surface area contributed by atoms with Gasteiger partial charge in [0.05, 0.1) is 17.7 Å². The minimum Gasteiger partial charge on any atom is -0.493 e. The highest BCUT2D eigenvalue weighted by Gasteiger charge is 2.21. The smallest absolute Gasteiger partial charge is 0.261 e.